The number of hydrogen-bond donors (Lipinski definition) is 1. The molecule has 124 valence electrons. The summed E-state index contributed by atoms with van der Waals surface area (Å²) in [5.41, 5.74) is 2.13. The molecule has 4 aromatic rings. The molecule has 0 unspecified atom stereocenters. The summed E-state index contributed by atoms with van der Waals surface area (Å²) in [6, 6.07) is 14.9. The summed E-state index contributed by atoms with van der Waals surface area (Å²) >= 11 is 4.82. The molecule has 1 amide bonds. The van der Waals surface area contributed by atoms with E-state index in [2.05, 4.69) is 36.5 Å². The minimum absolute atomic E-state index is 0.173. The molecule has 25 heavy (non-hydrogen) atoms. The molecule has 2 heterocycles. The van der Waals surface area contributed by atoms with Gasteiger partial charge in [0, 0.05) is 15.6 Å². The van der Waals surface area contributed by atoms with Crippen molar-refractivity contribution in [1.82, 2.24) is 19.8 Å². The van der Waals surface area contributed by atoms with Gasteiger partial charge in [-0.3, -0.25) is 4.79 Å². The number of aryl methyl sites for hydroxylation is 1. The van der Waals surface area contributed by atoms with Gasteiger partial charge in [-0.15, -0.1) is 10.2 Å². The maximum Gasteiger partial charge on any atom is 0.255 e. The topological polar surface area (TPSA) is 72.2 Å². The Morgan fingerprint density at radius 2 is 2.00 bits per heavy atom. The van der Waals surface area contributed by atoms with E-state index in [0.717, 1.165) is 25.8 Å². The molecule has 1 N–H and O–H groups in total. The van der Waals surface area contributed by atoms with Crippen LogP contribution in [0.2, 0.25) is 0 Å². The van der Waals surface area contributed by atoms with E-state index < -0.39 is 0 Å². The van der Waals surface area contributed by atoms with Crippen molar-refractivity contribution in [2.45, 2.75) is 6.92 Å². The lowest BCUT2D eigenvalue weighted by atomic mass is 10.1. The van der Waals surface area contributed by atoms with Gasteiger partial charge in [-0.25, -0.2) is 0 Å². The highest BCUT2D eigenvalue weighted by molar-refractivity contribution is 9.10. The van der Waals surface area contributed by atoms with E-state index >= 15 is 0 Å². The van der Waals surface area contributed by atoms with Crippen LogP contribution < -0.4 is 5.32 Å². The smallest absolute Gasteiger partial charge is 0.255 e. The Morgan fingerprint density at radius 1 is 1.16 bits per heavy atom. The molecule has 4 rings (SSSR count). The predicted octanol–water partition coefficient (Wildman–Crippen LogP) is 4.18. The third kappa shape index (κ3) is 3.06. The summed E-state index contributed by atoms with van der Waals surface area (Å²) < 4.78 is 2.56. The van der Waals surface area contributed by atoms with E-state index in [1.54, 1.807) is 16.6 Å². The Kier molecular flexibility index (Phi) is 4.06. The van der Waals surface area contributed by atoms with Crippen LogP contribution >= 0.6 is 27.3 Å². The highest BCUT2D eigenvalue weighted by Gasteiger charge is 2.15. The monoisotopic (exact) mass is 413 g/mol. The fourth-order valence-corrected chi connectivity index (χ4v) is 3.75. The fourth-order valence-electron chi connectivity index (χ4n) is 2.43. The van der Waals surface area contributed by atoms with Crippen LogP contribution in [0.25, 0.3) is 15.5 Å². The normalized spacial score (nSPS) is 11.0. The molecule has 0 aliphatic carbocycles. The highest BCUT2D eigenvalue weighted by atomic mass is 79.9. The van der Waals surface area contributed by atoms with E-state index in [4.69, 9.17) is 0 Å². The van der Waals surface area contributed by atoms with Crippen molar-refractivity contribution in [2.75, 3.05) is 5.32 Å². The van der Waals surface area contributed by atoms with Crippen LogP contribution in [0.3, 0.4) is 0 Å². The fraction of sp³-hybridized carbons (Fsp3) is 0.0588. The lowest BCUT2D eigenvalue weighted by molar-refractivity contribution is 0.102. The molecule has 2 aromatic carbocycles. The second kappa shape index (κ2) is 6.38. The second-order valence-electron chi connectivity index (χ2n) is 5.36. The van der Waals surface area contributed by atoms with Gasteiger partial charge in [0.25, 0.3) is 5.91 Å². The van der Waals surface area contributed by atoms with Crippen molar-refractivity contribution in [1.29, 1.82) is 0 Å². The van der Waals surface area contributed by atoms with Gasteiger partial charge in [0.15, 0.2) is 5.82 Å². The van der Waals surface area contributed by atoms with Gasteiger partial charge in [0.2, 0.25) is 4.96 Å². The molecule has 0 fully saturated rings. The summed E-state index contributed by atoms with van der Waals surface area (Å²) in [5.74, 6) is 0.557. The number of amides is 1. The average molecular weight is 414 g/mol. The lowest BCUT2D eigenvalue weighted by Crippen LogP contribution is -2.12. The minimum Gasteiger partial charge on any atom is -0.321 e. The zero-order valence-corrected chi connectivity index (χ0v) is 15.5. The molecule has 0 radical (unpaired) electrons. The minimum atomic E-state index is -0.173. The number of nitrogens with zero attached hydrogens (tertiary/aromatic N) is 4. The molecule has 0 bridgehead atoms. The van der Waals surface area contributed by atoms with Crippen molar-refractivity contribution in [3.8, 4) is 10.6 Å². The zero-order chi connectivity index (χ0) is 17.4. The second-order valence-corrected chi connectivity index (χ2v) is 7.23. The molecule has 0 spiro atoms. The first-order valence-electron chi connectivity index (χ1n) is 7.47. The van der Waals surface area contributed by atoms with Gasteiger partial charge >= 0.3 is 0 Å². The Hall–Kier alpha value is -2.58. The van der Waals surface area contributed by atoms with Crippen LogP contribution in [0.15, 0.2) is 53.0 Å². The van der Waals surface area contributed by atoms with Crippen LogP contribution in [0.1, 0.15) is 16.2 Å². The van der Waals surface area contributed by atoms with Gasteiger partial charge in [-0.05, 0) is 37.3 Å². The van der Waals surface area contributed by atoms with Crippen molar-refractivity contribution >= 4 is 43.8 Å². The summed E-state index contributed by atoms with van der Waals surface area (Å²) in [5, 5.41) is 16.4. The van der Waals surface area contributed by atoms with Crippen molar-refractivity contribution in [3.05, 3.63) is 64.4 Å². The average Bonchev–Trinajstić information content (AvgIpc) is 3.18. The number of halogens is 1. The number of fused-ring (bicyclic) bond motifs is 1. The SMILES string of the molecule is Cc1nnc2sc(-c3ccccc3NC(=O)c3cccc(Br)c3)nn12. The van der Waals surface area contributed by atoms with E-state index in [9.17, 15) is 4.79 Å². The summed E-state index contributed by atoms with van der Waals surface area (Å²) in [6.07, 6.45) is 0. The number of rotatable bonds is 3. The molecule has 0 aliphatic rings. The summed E-state index contributed by atoms with van der Waals surface area (Å²) in [6.45, 7) is 1.85. The Labute approximate surface area is 155 Å². The predicted molar refractivity (Wildman–Crippen MR) is 101 cm³/mol. The molecule has 0 aliphatic heterocycles. The number of benzene rings is 2. The molecule has 6 nitrogen and oxygen atoms in total. The number of para-hydroxylation sites is 1. The third-order valence-electron chi connectivity index (χ3n) is 3.64. The number of carbonyl (C=O) groups excluding carboxylic acids is 1. The Bertz CT molecular complexity index is 1090. The zero-order valence-electron chi connectivity index (χ0n) is 13.1. The van der Waals surface area contributed by atoms with Gasteiger partial charge in [-0.2, -0.15) is 9.61 Å². The van der Waals surface area contributed by atoms with Crippen LogP contribution in [0.5, 0.6) is 0 Å². The van der Waals surface area contributed by atoms with E-state index in [1.165, 1.54) is 11.3 Å². The first kappa shape index (κ1) is 15.9. The van der Waals surface area contributed by atoms with Gasteiger partial charge in [-0.1, -0.05) is 45.5 Å². The highest BCUT2D eigenvalue weighted by Crippen LogP contribution is 2.31. The Balaban J connectivity index is 1.70. The molecule has 2 aromatic heterocycles. The molecular formula is C17H12BrN5OS. The van der Waals surface area contributed by atoms with Crippen LogP contribution in [-0.4, -0.2) is 25.7 Å². The molecule has 0 atom stereocenters. The van der Waals surface area contributed by atoms with Gasteiger partial charge in [0.05, 0.1) is 5.69 Å². The first-order valence-corrected chi connectivity index (χ1v) is 9.08. The van der Waals surface area contributed by atoms with Gasteiger partial charge < -0.3 is 5.32 Å². The number of carbonyl (C=O) groups is 1. The first-order chi connectivity index (χ1) is 12.1. The standard InChI is InChI=1S/C17H12BrN5OS/c1-10-20-21-17-23(10)22-16(25-17)13-7-2-3-8-14(13)19-15(24)11-5-4-6-12(18)9-11/h2-9H,1H3,(H,19,24). The number of anilines is 1. The molecule has 0 saturated carbocycles. The largest absolute Gasteiger partial charge is 0.321 e. The maximum atomic E-state index is 12.5. The van der Waals surface area contributed by atoms with Crippen LogP contribution in [0, 0.1) is 6.92 Å². The quantitative estimate of drug-likeness (QED) is 0.546. The van der Waals surface area contributed by atoms with Crippen molar-refractivity contribution < 1.29 is 4.79 Å². The third-order valence-corrected chi connectivity index (χ3v) is 5.06. The lowest BCUT2D eigenvalue weighted by Gasteiger charge is -2.09. The maximum absolute atomic E-state index is 12.5. The molecule has 0 saturated heterocycles. The molecular weight excluding hydrogens is 402 g/mol. The summed E-state index contributed by atoms with van der Waals surface area (Å²) in [4.78, 5) is 13.3. The number of aromatic nitrogens is 4. The van der Waals surface area contributed by atoms with Crippen LogP contribution in [0.4, 0.5) is 5.69 Å². The Morgan fingerprint density at radius 3 is 2.80 bits per heavy atom. The van der Waals surface area contributed by atoms with E-state index in [0.29, 0.717) is 11.3 Å². The van der Waals surface area contributed by atoms with Gasteiger partial charge in [0.1, 0.15) is 5.01 Å². The summed E-state index contributed by atoms with van der Waals surface area (Å²) in [7, 11) is 0. The molecule has 8 heteroatoms. The van der Waals surface area contributed by atoms with Crippen LogP contribution in [-0.2, 0) is 0 Å². The number of nitrogens with one attached hydrogen (secondary N) is 1. The van der Waals surface area contributed by atoms with Crippen molar-refractivity contribution in [3.63, 3.8) is 0 Å². The van der Waals surface area contributed by atoms with Crippen molar-refractivity contribution in [2.24, 2.45) is 0 Å². The van der Waals surface area contributed by atoms with E-state index in [1.807, 2.05) is 43.3 Å². The van der Waals surface area contributed by atoms with E-state index in [-0.39, 0.29) is 5.91 Å². The number of hydrogen-bond acceptors (Lipinski definition) is 5.